The van der Waals surface area contributed by atoms with Crippen molar-refractivity contribution < 1.29 is 56.6 Å². The van der Waals surface area contributed by atoms with E-state index in [0.717, 1.165) is 33.4 Å². The highest BCUT2D eigenvalue weighted by molar-refractivity contribution is 6.74. The van der Waals surface area contributed by atoms with Gasteiger partial charge in [0.15, 0.2) is 20.7 Å². The number of carbonyl (C=O) groups is 1. The molecule has 0 aromatic heterocycles. The van der Waals surface area contributed by atoms with Crippen LogP contribution in [0.4, 0.5) is 0 Å². The Morgan fingerprint density at radius 2 is 0.911 bits per heavy atom. The highest BCUT2D eigenvalue weighted by atomic mass is 28.4. The minimum atomic E-state index is -2.65. The van der Waals surface area contributed by atoms with E-state index in [4.69, 9.17) is 51.8 Å². The molecule has 8 rings (SSSR count). The van der Waals surface area contributed by atoms with Gasteiger partial charge < -0.3 is 51.8 Å². The summed E-state index contributed by atoms with van der Waals surface area (Å²) in [5, 5.41) is 4.25. The Hall–Kier alpha value is -6.24. The minimum Gasteiger partial charge on any atom is -0.497 e. The first kappa shape index (κ1) is 58.9. The van der Waals surface area contributed by atoms with Gasteiger partial charge in [-0.3, -0.25) is 4.79 Å². The molecular weight excluding hydrogens is 1020 g/mol. The highest BCUT2D eigenvalue weighted by Crippen LogP contribution is 2.43. The first-order valence-electron chi connectivity index (χ1n) is 27.0. The number of hydrogen-bond donors (Lipinski definition) is 0. The molecule has 1 saturated heterocycles. The zero-order valence-corrected chi connectivity index (χ0v) is 47.3. The molecule has 418 valence electrons. The third-order valence-electron chi connectivity index (χ3n) is 14.7. The normalized spacial score (nSPS) is 24.3. The summed E-state index contributed by atoms with van der Waals surface area (Å²) in [7, 11) is -1.04. The predicted molar refractivity (Wildman–Crippen MR) is 302 cm³/mol. The molecular formula is C63H75N3O12Si. The molecule has 2 fully saturated rings. The monoisotopic (exact) mass is 1090 g/mol. The summed E-state index contributed by atoms with van der Waals surface area (Å²) in [5.74, 6) is 0.0837. The van der Waals surface area contributed by atoms with Crippen LogP contribution in [0.5, 0.6) is 5.75 Å². The molecule has 2 aliphatic rings. The highest BCUT2D eigenvalue weighted by Gasteiger charge is 2.59. The van der Waals surface area contributed by atoms with Crippen molar-refractivity contribution >= 4 is 14.3 Å². The summed E-state index contributed by atoms with van der Waals surface area (Å²) in [4.78, 5) is 17.1. The number of ether oxygens (including phenoxy) is 10. The lowest BCUT2D eigenvalue weighted by Gasteiger charge is -2.52. The number of carbonyl (C=O) groups excluding carboxylic acids is 1. The molecule has 1 aliphatic carbocycles. The summed E-state index contributed by atoms with van der Waals surface area (Å²) in [6.07, 6.45) is -10.5. The van der Waals surface area contributed by atoms with Crippen molar-refractivity contribution in [3.63, 3.8) is 0 Å². The molecule has 0 N–H and O–H groups in total. The van der Waals surface area contributed by atoms with Gasteiger partial charge in [0.2, 0.25) is 0 Å². The molecule has 1 heterocycles. The fourth-order valence-corrected chi connectivity index (χ4v) is 10.9. The summed E-state index contributed by atoms with van der Waals surface area (Å²) >= 11 is 0. The van der Waals surface area contributed by atoms with Crippen molar-refractivity contribution in [3.8, 4) is 5.75 Å². The van der Waals surface area contributed by atoms with Crippen LogP contribution in [0.1, 0.15) is 61.1 Å². The van der Waals surface area contributed by atoms with Gasteiger partial charge in [-0.25, -0.2) is 0 Å². The van der Waals surface area contributed by atoms with Crippen LogP contribution in [0.2, 0.25) is 18.1 Å². The predicted octanol–water partition coefficient (Wildman–Crippen LogP) is 12.3. The summed E-state index contributed by atoms with van der Waals surface area (Å²) in [5.41, 5.74) is 15.9. The molecule has 1 aliphatic heterocycles. The number of azide groups is 1. The third kappa shape index (κ3) is 16.4. The average molecular weight is 1090 g/mol. The van der Waals surface area contributed by atoms with Gasteiger partial charge in [0.25, 0.3) is 0 Å². The molecule has 0 radical (unpaired) electrons. The van der Waals surface area contributed by atoms with E-state index in [1.54, 1.807) is 7.11 Å². The van der Waals surface area contributed by atoms with Crippen LogP contribution >= 0.6 is 0 Å². The molecule has 0 amide bonds. The van der Waals surface area contributed by atoms with Gasteiger partial charge in [-0.15, -0.1) is 0 Å². The number of esters is 1. The van der Waals surface area contributed by atoms with Crippen LogP contribution in [-0.2, 0) is 91.5 Å². The first-order chi connectivity index (χ1) is 38.3. The fourth-order valence-electron chi connectivity index (χ4n) is 9.53. The first-order valence-corrected chi connectivity index (χ1v) is 29.9. The summed E-state index contributed by atoms with van der Waals surface area (Å²) in [6, 6.07) is 55.3. The minimum absolute atomic E-state index is 0.0329. The van der Waals surface area contributed by atoms with Crippen molar-refractivity contribution in [2.75, 3.05) is 13.7 Å². The SMILES string of the molecule is COc1ccc(CO[C@@H]2[C@H](OC(C)=O)[C@H](OCc3ccccc3)[C@@H](OCc3ccccc3)[C@H](OCc3ccccc3)[C@H]2O[C@H]2O[C@H](COCc3ccccc3)[C@@H](O[Si](C)(C)C(C)(C)C)[C@H](OCc3ccccc3)[C@H]2N=[N+]=[N-])cc1. The number of methoxy groups -OCH3 is 1. The molecule has 15 nitrogen and oxygen atoms in total. The Morgan fingerprint density at radius 3 is 1.32 bits per heavy atom. The molecule has 0 unspecified atom stereocenters. The number of rotatable bonds is 26. The molecule has 79 heavy (non-hydrogen) atoms. The lowest BCUT2D eigenvalue weighted by atomic mass is 9.83. The van der Waals surface area contributed by atoms with E-state index < -0.39 is 81.6 Å². The Kier molecular flexibility index (Phi) is 21.4. The lowest BCUT2D eigenvalue weighted by Crippen LogP contribution is -2.70. The van der Waals surface area contributed by atoms with E-state index in [-0.39, 0.29) is 51.3 Å². The maximum atomic E-state index is 13.7. The topological polar surface area (TPSA) is 167 Å². The molecule has 16 heteroatoms. The van der Waals surface area contributed by atoms with Gasteiger partial charge in [-0.2, -0.15) is 0 Å². The van der Waals surface area contributed by atoms with Gasteiger partial charge in [-0.05, 0) is 69.2 Å². The molecule has 1 saturated carbocycles. The maximum absolute atomic E-state index is 13.7. The molecule has 0 spiro atoms. The number of nitrogens with zero attached hydrogens (tertiary/aromatic N) is 3. The van der Waals surface area contributed by atoms with Gasteiger partial charge in [-0.1, -0.05) is 190 Å². The van der Waals surface area contributed by atoms with Crippen LogP contribution in [-0.4, -0.2) is 95.3 Å². The number of benzene rings is 6. The quantitative estimate of drug-likeness (QED) is 0.0166. The van der Waals surface area contributed by atoms with E-state index in [1.165, 1.54) is 6.92 Å². The zero-order valence-electron chi connectivity index (χ0n) is 46.3. The largest absolute Gasteiger partial charge is 0.497 e. The second kappa shape index (κ2) is 28.8. The van der Waals surface area contributed by atoms with Crippen LogP contribution in [0.15, 0.2) is 181 Å². The van der Waals surface area contributed by atoms with E-state index in [9.17, 15) is 10.3 Å². The van der Waals surface area contributed by atoms with Crippen molar-refractivity contribution in [2.45, 2.75) is 153 Å². The zero-order chi connectivity index (χ0) is 55.6. The lowest BCUT2D eigenvalue weighted by molar-refractivity contribution is -0.336. The molecule has 6 aromatic rings. The van der Waals surface area contributed by atoms with E-state index in [2.05, 4.69) is 43.9 Å². The smallest absolute Gasteiger partial charge is 0.303 e. The maximum Gasteiger partial charge on any atom is 0.303 e. The van der Waals surface area contributed by atoms with Crippen molar-refractivity contribution in [2.24, 2.45) is 5.11 Å². The van der Waals surface area contributed by atoms with E-state index in [0.29, 0.717) is 5.75 Å². The Labute approximate surface area is 466 Å². The van der Waals surface area contributed by atoms with Gasteiger partial charge in [0.05, 0.1) is 59.5 Å². The van der Waals surface area contributed by atoms with E-state index in [1.807, 2.05) is 176 Å². The van der Waals surface area contributed by atoms with E-state index >= 15 is 0 Å². The molecule has 0 bridgehead atoms. The summed E-state index contributed by atoms with van der Waals surface area (Å²) < 4.78 is 75.8. The third-order valence-corrected chi connectivity index (χ3v) is 19.2. The molecule has 6 aromatic carbocycles. The van der Waals surface area contributed by atoms with Crippen LogP contribution in [0.3, 0.4) is 0 Å². The standard InChI is InChI=1S/C63H75N3O12Si/c1-44(67)75-60-57(72-40-48-29-19-11-20-30-48)56(71-39-47-27-17-10-18-28-47)58(73-41-49-31-21-12-22-32-49)61(59(60)74-42-50-33-35-51(68-5)36-34-50)77-62-53(65-66-64)55(70-38-46-25-15-9-16-26-46)54(78-79(6,7)63(2,3)4)52(76-62)43-69-37-45-23-13-8-14-24-45/h8-36,52-62H,37-43H2,1-7H3/t52-,53-,54-,55-,56-,57-,58+,59-,60-,61-,62-/m1/s1. The van der Waals surface area contributed by atoms with Crippen LogP contribution < -0.4 is 4.74 Å². The van der Waals surface area contributed by atoms with Gasteiger partial charge >= 0.3 is 5.97 Å². The molecule has 11 atom stereocenters. The Bertz CT molecular complexity index is 2790. The van der Waals surface area contributed by atoms with Crippen LogP contribution in [0.25, 0.3) is 10.4 Å². The van der Waals surface area contributed by atoms with Crippen molar-refractivity contribution in [3.05, 3.63) is 220 Å². The van der Waals surface area contributed by atoms with Crippen molar-refractivity contribution in [1.82, 2.24) is 0 Å². The fraction of sp³-hybridized carbons (Fsp3) is 0.413. The van der Waals surface area contributed by atoms with Crippen molar-refractivity contribution in [1.29, 1.82) is 0 Å². The Morgan fingerprint density at radius 1 is 0.532 bits per heavy atom. The van der Waals surface area contributed by atoms with Gasteiger partial charge in [0.1, 0.15) is 54.5 Å². The second-order valence-electron chi connectivity index (χ2n) is 21.4. The van der Waals surface area contributed by atoms with Gasteiger partial charge in [0, 0.05) is 11.8 Å². The van der Waals surface area contributed by atoms with Crippen LogP contribution in [0, 0.1) is 0 Å². The Balaban J connectivity index is 1.28. The average Bonchev–Trinajstić information content (AvgIpc) is 3.55. The summed E-state index contributed by atoms with van der Waals surface area (Å²) in [6.45, 7) is 13.0. The number of hydrogen-bond acceptors (Lipinski definition) is 13. The second-order valence-corrected chi connectivity index (χ2v) is 26.2.